The van der Waals surface area contributed by atoms with Crippen LogP contribution in [0.25, 0.3) is 0 Å². The summed E-state index contributed by atoms with van der Waals surface area (Å²) in [5, 5.41) is 2.90. The Labute approximate surface area is 127 Å². The number of nitrogens with one attached hydrogen (secondary N) is 1. The van der Waals surface area contributed by atoms with Crippen LogP contribution in [0, 0.1) is 11.8 Å². The van der Waals surface area contributed by atoms with Crippen LogP contribution < -0.4 is 5.32 Å². The molecule has 0 fully saturated rings. The first kappa shape index (κ1) is 17.3. The zero-order valence-corrected chi connectivity index (χ0v) is 13.5. The lowest BCUT2D eigenvalue weighted by Crippen LogP contribution is -2.25. The Bertz CT molecular complexity index is 464. The quantitative estimate of drug-likeness (QED) is 0.749. The minimum Gasteiger partial charge on any atom is -0.356 e. The molecule has 0 saturated heterocycles. The fourth-order valence-electron chi connectivity index (χ4n) is 1.89. The van der Waals surface area contributed by atoms with Gasteiger partial charge in [-0.05, 0) is 24.5 Å². The molecule has 1 aromatic heterocycles. The third-order valence-electron chi connectivity index (χ3n) is 3.29. The van der Waals surface area contributed by atoms with Gasteiger partial charge in [0, 0.05) is 42.8 Å². The summed E-state index contributed by atoms with van der Waals surface area (Å²) >= 11 is 0. The number of pyridine rings is 1. The van der Waals surface area contributed by atoms with Gasteiger partial charge in [-0.15, -0.1) is 0 Å². The topological polar surface area (TPSA) is 59.1 Å². The fourth-order valence-corrected chi connectivity index (χ4v) is 1.89. The normalized spacial score (nSPS) is 11.0. The standard InChI is InChI=1S/C17H26N2O2/c1-12(2)5-8-16(20)18-10-9-15-7-6-14(11-19-15)17(21)13(3)4/h6-7,11-13H,5,8-10H2,1-4H3,(H,18,20). The van der Waals surface area contributed by atoms with Crippen LogP contribution in [-0.4, -0.2) is 23.2 Å². The van der Waals surface area contributed by atoms with E-state index < -0.39 is 0 Å². The maximum atomic E-state index is 11.8. The second-order valence-corrected chi connectivity index (χ2v) is 6.09. The number of aromatic nitrogens is 1. The van der Waals surface area contributed by atoms with Gasteiger partial charge in [-0.25, -0.2) is 0 Å². The number of carbonyl (C=O) groups excluding carboxylic acids is 2. The largest absolute Gasteiger partial charge is 0.356 e. The van der Waals surface area contributed by atoms with Gasteiger partial charge in [-0.3, -0.25) is 14.6 Å². The molecule has 0 aromatic carbocycles. The van der Waals surface area contributed by atoms with E-state index in [1.807, 2.05) is 26.0 Å². The number of amides is 1. The SMILES string of the molecule is CC(C)CCC(=O)NCCc1ccc(C(=O)C(C)C)cn1. The van der Waals surface area contributed by atoms with E-state index in [1.165, 1.54) is 0 Å². The number of nitrogens with zero attached hydrogens (tertiary/aromatic N) is 1. The zero-order valence-electron chi connectivity index (χ0n) is 13.5. The molecule has 0 aliphatic rings. The number of hydrogen-bond acceptors (Lipinski definition) is 3. The molecular formula is C17H26N2O2. The number of carbonyl (C=O) groups is 2. The smallest absolute Gasteiger partial charge is 0.220 e. The Kier molecular flexibility index (Phi) is 7.06. The van der Waals surface area contributed by atoms with Crippen LogP contribution in [0.3, 0.4) is 0 Å². The van der Waals surface area contributed by atoms with Gasteiger partial charge in [-0.1, -0.05) is 27.7 Å². The highest BCUT2D eigenvalue weighted by Crippen LogP contribution is 2.08. The third-order valence-corrected chi connectivity index (χ3v) is 3.29. The van der Waals surface area contributed by atoms with Gasteiger partial charge in [0.25, 0.3) is 0 Å². The van der Waals surface area contributed by atoms with E-state index in [4.69, 9.17) is 0 Å². The zero-order chi connectivity index (χ0) is 15.8. The molecule has 4 nitrogen and oxygen atoms in total. The van der Waals surface area contributed by atoms with Gasteiger partial charge in [0.05, 0.1) is 0 Å². The van der Waals surface area contributed by atoms with Gasteiger partial charge < -0.3 is 5.32 Å². The van der Waals surface area contributed by atoms with E-state index in [2.05, 4.69) is 24.1 Å². The van der Waals surface area contributed by atoms with Crippen molar-refractivity contribution in [3.63, 3.8) is 0 Å². The summed E-state index contributed by atoms with van der Waals surface area (Å²) in [6.07, 6.45) is 3.80. The molecule has 1 rings (SSSR count). The van der Waals surface area contributed by atoms with Crippen molar-refractivity contribution in [3.05, 3.63) is 29.6 Å². The van der Waals surface area contributed by atoms with Crippen molar-refractivity contribution in [2.45, 2.75) is 47.0 Å². The van der Waals surface area contributed by atoms with Crippen molar-refractivity contribution in [3.8, 4) is 0 Å². The van der Waals surface area contributed by atoms with Crippen molar-refractivity contribution in [2.75, 3.05) is 6.54 Å². The van der Waals surface area contributed by atoms with E-state index >= 15 is 0 Å². The second kappa shape index (κ2) is 8.55. The minimum atomic E-state index is -0.0158. The molecule has 0 atom stereocenters. The van der Waals surface area contributed by atoms with Gasteiger partial charge in [0.1, 0.15) is 0 Å². The molecule has 1 amide bonds. The van der Waals surface area contributed by atoms with Gasteiger partial charge in [0.15, 0.2) is 5.78 Å². The van der Waals surface area contributed by atoms with Crippen LogP contribution in [0.15, 0.2) is 18.3 Å². The van der Waals surface area contributed by atoms with E-state index in [1.54, 1.807) is 6.20 Å². The molecular weight excluding hydrogens is 264 g/mol. The second-order valence-electron chi connectivity index (χ2n) is 6.09. The average molecular weight is 290 g/mol. The molecule has 21 heavy (non-hydrogen) atoms. The van der Waals surface area contributed by atoms with Crippen LogP contribution >= 0.6 is 0 Å². The lowest BCUT2D eigenvalue weighted by molar-refractivity contribution is -0.121. The molecule has 116 valence electrons. The monoisotopic (exact) mass is 290 g/mol. The van der Waals surface area contributed by atoms with E-state index in [-0.39, 0.29) is 17.6 Å². The molecule has 1 N–H and O–H groups in total. The van der Waals surface area contributed by atoms with Gasteiger partial charge in [0.2, 0.25) is 5.91 Å². The van der Waals surface area contributed by atoms with Crippen LogP contribution in [0.1, 0.15) is 56.6 Å². The lowest BCUT2D eigenvalue weighted by atomic mass is 10.0. The Morgan fingerprint density at radius 2 is 1.90 bits per heavy atom. The molecule has 1 heterocycles. The maximum absolute atomic E-state index is 11.8. The molecule has 0 radical (unpaired) electrons. The molecule has 0 aliphatic heterocycles. The molecule has 0 saturated carbocycles. The number of ketones is 1. The summed E-state index contributed by atoms with van der Waals surface area (Å²) < 4.78 is 0. The highest BCUT2D eigenvalue weighted by atomic mass is 16.1. The van der Waals surface area contributed by atoms with Gasteiger partial charge in [-0.2, -0.15) is 0 Å². The van der Waals surface area contributed by atoms with E-state index in [0.717, 1.165) is 12.1 Å². The highest BCUT2D eigenvalue weighted by molar-refractivity contribution is 5.97. The predicted molar refractivity (Wildman–Crippen MR) is 84.2 cm³/mol. The number of Topliss-reactive ketones (excluding diaryl/α,β-unsaturated/α-hetero) is 1. The Hall–Kier alpha value is -1.71. The van der Waals surface area contributed by atoms with Gasteiger partial charge >= 0.3 is 0 Å². The maximum Gasteiger partial charge on any atom is 0.220 e. The summed E-state index contributed by atoms with van der Waals surface area (Å²) in [6.45, 7) is 8.56. The van der Waals surface area contributed by atoms with Crippen LogP contribution in [-0.2, 0) is 11.2 Å². The highest BCUT2D eigenvalue weighted by Gasteiger charge is 2.10. The molecule has 1 aromatic rings. The Balaban J connectivity index is 2.36. The van der Waals surface area contributed by atoms with Crippen molar-refractivity contribution >= 4 is 11.7 Å². The van der Waals surface area contributed by atoms with Crippen LogP contribution in [0.5, 0.6) is 0 Å². The minimum absolute atomic E-state index is 0.0158. The summed E-state index contributed by atoms with van der Waals surface area (Å²) in [5.41, 5.74) is 1.54. The van der Waals surface area contributed by atoms with Crippen molar-refractivity contribution in [1.29, 1.82) is 0 Å². The summed E-state index contributed by atoms with van der Waals surface area (Å²) in [4.78, 5) is 27.6. The Morgan fingerprint density at radius 3 is 2.43 bits per heavy atom. The number of rotatable bonds is 8. The van der Waals surface area contributed by atoms with Crippen molar-refractivity contribution in [2.24, 2.45) is 11.8 Å². The third kappa shape index (κ3) is 6.52. The number of hydrogen-bond donors (Lipinski definition) is 1. The van der Waals surface area contributed by atoms with Crippen molar-refractivity contribution in [1.82, 2.24) is 10.3 Å². The summed E-state index contributed by atoms with van der Waals surface area (Å²) in [6, 6.07) is 3.67. The average Bonchev–Trinajstić information content (AvgIpc) is 2.45. The van der Waals surface area contributed by atoms with Crippen LogP contribution in [0.4, 0.5) is 0 Å². The first-order chi connectivity index (χ1) is 9.90. The summed E-state index contributed by atoms with van der Waals surface area (Å²) in [7, 11) is 0. The Morgan fingerprint density at radius 1 is 1.19 bits per heavy atom. The first-order valence-electron chi connectivity index (χ1n) is 7.66. The lowest BCUT2D eigenvalue weighted by Gasteiger charge is -2.07. The predicted octanol–water partition coefficient (Wildman–Crippen LogP) is 3.02. The molecule has 0 bridgehead atoms. The molecule has 0 spiro atoms. The van der Waals surface area contributed by atoms with E-state index in [9.17, 15) is 9.59 Å². The van der Waals surface area contributed by atoms with Crippen LogP contribution in [0.2, 0.25) is 0 Å². The first-order valence-corrected chi connectivity index (χ1v) is 7.66. The summed E-state index contributed by atoms with van der Waals surface area (Å²) in [5.74, 6) is 0.729. The molecule has 0 aliphatic carbocycles. The van der Waals surface area contributed by atoms with Crippen molar-refractivity contribution < 1.29 is 9.59 Å². The fraction of sp³-hybridized carbons (Fsp3) is 0.588. The van der Waals surface area contributed by atoms with E-state index in [0.29, 0.717) is 30.9 Å². The molecule has 0 unspecified atom stereocenters. The molecule has 4 heteroatoms.